The summed E-state index contributed by atoms with van der Waals surface area (Å²) in [6.07, 6.45) is 2.52. The van der Waals surface area contributed by atoms with Crippen LogP contribution in [0.25, 0.3) is 0 Å². The summed E-state index contributed by atoms with van der Waals surface area (Å²) >= 11 is 2.06. The number of carbonyl (C=O) groups is 1. The lowest BCUT2D eigenvalue weighted by molar-refractivity contribution is 0.0759. The van der Waals surface area contributed by atoms with Crippen molar-refractivity contribution in [1.82, 2.24) is 9.80 Å². The molecule has 1 amide bonds. The van der Waals surface area contributed by atoms with Crippen LogP contribution in [0.1, 0.15) is 37.0 Å². The van der Waals surface area contributed by atoms with Crippen LogP contribution in [-0.4, -0.2) is 65.5 Å². The largest absolute Gasteiger partial charge is 0.491 e. The van der Waals surface area contributed by atoms with E-state index in [1.165, 1.54) is 17.9 Å². The molecule has 2 aliphatic heterocycles. The van der Waals surface area contributed by atoms with Crippen molar-refractivity contribution in [3.8, 4) is 5.75 Å². The van der Waals surface area contributed by atoms with Gasteiger partial charge in [-0.3, -0.25) is 9.69 Å². The summed E-state index contributed by atoms with van der Waals surface area (Å²) in [5, 5.41) is 0. The Morgan fingerprint density at radius 1 is 1.17 bits per heavy atom. The second-order valence-electron chi connectivity index (χ2n) is 6.89. The van der Waals surface area contributed by atoms with Gasteiger partial charge in [0, 0.05) is 43.5 Å². The normalized spacial score (nSPS) is 22.6. The molecule has 4 nitrogen and oxygen atoms in total. The predicted octanol–water partition coefficient (Wildman–Crippen LogP) is 3.13. The summed E-state index contributed by atoms with van der Waals surface area (Å²) in [6, 6.07) is 8.28. The third kappa shape index (κ3) is 4.45. The molecule has 1 aromatic carbocycles. The van der Waals surface area contributed by atoms with Crippen LogP contribution >= 0.6 is 11.8 Å². The topological polar surface area (TPSA) is 32.8 Å². The Labute approximate surface area is 149 Å². The van der Waals surface area contributed by atoms with Crippen molar-refractivity contribution in [2.45, 2.75) is 38.8 Å². The zero-order chi connectivity index (χ0) is 16.9. The number of nitrogens with zero attached hydrogens (tertiary/aromatic N) is 2. The first kappa shape index (κ1) is 17.6. The Morgan fingerprint density at radius 3 is 2.62 bits per heavy atom. The first-order valence-corrected chi connectivity index (χ1v) is 10.2. The van der Waals surface area contributed by atoms with Crippen LogP contribution in [0.3, 0.4) is 0 Å². The van der Waals surface area contributed by atoms with Crippen molar-refractivity contribution >= 4 is 17.7 Å². The molecule has 0 spiro atoms. The maximum absolute atomic E-state index is 12.8. The molecule has 2 aliphatic rings. The number of hydrogen-bond acceptors (Lipinski definition) is 4. The van der Waals surface area contributed by atoms with Crippen molar-refractivity contribution in [3.05, 3.63) is 29.8 Å². The molecule has 1 aromatic rings. The molecule has 24 heavy (non-hydrogen) atoms. The lowest BCUT2D eigenvalue weighted by atomic mass is 10.2. The van der Waals surface area contributed by atoms with Crippen LogP contribution in [0, 0.1) is 0 Å². The molecule has 3 rings (SSSR count). The van der Waals surface area contributed by atoms with E-state index in [1.54, 1.807) is 0 Å². The van der Waals surface area contributed by atoms with Gasteiger partial charge in [0.15, 0.2) is 0 Å². The number of carbonyl (C=O) groups excluding carboxylic acids is 1. The van der Waals surface area contributed by atoms with Crippen molar-refractivity contribution in [2.75, 3.05) is 37.7 Å². The Hall–Kier alpha value is -1.20. The van der Waals surface area contributed by atoms with Gasteiger partial charge in [-0.2, -0.15) is 11.8 Å². The molecule has 2 fully saturated rings. The molecule has 0 saturated carbocycles. The minimum atomic E-state index is 0.147. The number of hydrogen-bond donors (Lipinski definition) is 0. The highest BCUT2D eigenvalue weighted by atomic mass is 32.2. The molecule has 0 aliphatic carbocycles. The maximum Gasteiger partial charge on any atom is 0.253 e. The van der Waals surface area contributed by atoms with Gasteiger partial charge in [-0.25, -0.2) is 0 Å². The van der Waals surface area contributed by atoms with Crippen LogP contribution in [0.5, 0.6) is 5.75 Å². The van der Waals surface area contributed by atoms with Crippen LogP contribution in [0.2, 0.25) is 0 Å². The minimum absolute atomic E-state index is 0.147. The molecule has 1 unspecified atom stereocenters. The van der Waals surface area contributed by atoms with Gasteiger partial charge in [0.05, 0.1) is 6.10 Å². The molecule has 2 heterocycles. The van der Waals surface area contributed by atoms with Crippen molar-refractivity contribution in [3.63, 3.8) is 0 Å². The fourth-order valence-corrected chi connectivity index (χ4v) is 4.70. The standard InChI is InChI=1S/C19H28N2O2S/c1-15(2)23-18-6-4-16(5-7-18)19(22)21-10-3-9-20(11-12-21)17-8-13-24-14-17/h4-7,15,17H,3,8-14H2,1-2H3. The smallest absolute Gasteiger partial charge is 0.253 e. The monoisotopic (exact) mass is 348 g/mol. The van der Waals surface area contributed by atoms with Crippen molar-refractivity contribution < 1.29 is 9.53 Å². The summed E-state index contributed by atoms with van der Waals surface area (Å²) in [5.41, 5.74) is 0.760. The highest BCUT2D eigenvalue weighted by molar-refractivity contribution is 7.99. The fourth-order valence-electron chi connectivity index (χ4n) is 3.45. The molecule has 0 bridgehead atoms. The van der Waals surface area contributed by atoms with Crippen molar-refractivity contribution in [2.24, 2.45) is 0 Å². The molecule has 2 saturated heterocycles. The zero-order valence-electron chi connectivity index (χ0n) is 14.7. The Bertz CT molecular complexity index is 541. The summed E-state index contributed by atoms with van der Waals surface area (Å²) in [7, 11) is 0. The van der Waals surface area contributed by atoms with E-state index in [2.05, 4.69) is 16.7 Å². The van der Waals surface area contributed by atoms with Crippen LogP contribution in [-0.2, 0) is 0 Å². The number of amides is 1. The molecule has 0 aromatic heterocycles. The quantitative estimate of drug-likeness (QED) is 0.837. The number of ether oxygens (including phenoxy) is 1. The number of thioether (sulfide) groups is 1. The van der Waals surface area contributed by atoms with Crippen molar-refractivity contribution in [1.29, 1.82) is 0 Å². The molecule has 0 N–H and O–H groups in total. The van der Waals surface area contributed by atoms with E-state index in [0.717, 1.165) is 50.0 Å². The zero-order valence-corrected chi connectivity index (χ0v) is 15.6. The van der Waals surface area contributed by atoms with Crippen LogP contribution < -0.4 is 4.74 Å². The van der Waals surface area contributed by atoms with Gasteiger partial charge in [0.2, 0.25) is 0 Å². The lowest BCUT2D eigenvalue weighted by Crippen LogP contribution is -2.39. The van der Waals surface area contributed by atoms with E-state index in [9.17, 15) is 4.79 Å². The lowest BCUT2D eigenvalue weighted by Gasteiger charge is -2.26. The van der Waals surface area contributed by atoms with Gasteiger partial charge in [-0.15, -0.1) is 0 Å². The van der Waals surface area contributed by atoms with Gasteiger partial charge in [0.25, 0.3) is 5.91 Å². The molecule has 0 radical (unpaired) electrons. The van der Waals surface area contributed by atoms with E-state index in [4.69, 9.17) is 4.74 Å². The molecule has 1 atom stereocenters. The Morgan fingerprint density at radius 2 is 1.96 bits per heavy atom. The van der Waals surface area contributed by atoms with E-state index >= 15 is 0 Å². The average Bonchev–Trinajstić information content (AvgIpc) is 2.99. The minimum Gasteiger partial charge on any atom is -0.491 e. The number of rotatable bonds is 4. The Kier molecular flexibility index (Phi) is 6.06. The SMILES string of the molecule is CC(C)Oc1ccc(C(=O)N2CCCN(C3CCSC3)CC2)cc1. The summed E-state index contributed by atoms with van der Waals surface area (Å²) in [4.78, 5) is 17.4. The Balaban J connectivity index is 1.58. The van der Waals surface area contributed by atoms with E-state index in [1.807, 2.05) is 43.0 Å². The van der Waals surface area contributed by atoms with Gasteiger partial charge in [-0.05, 0) is 56.7 Å². The first-order chi connectivity index (χ1) is 11.6. The van der Waals surface area contributed by atoms with E-state index in [-0.39, 0.29) is 12.0 Å². The fraction of sp³-hybridized carbons (Fsp3) is 0.632. The second kappa shape index (κ2) is 8.26. The van der Waals surface area contributed by atoms with Gasteiger partial charge < -0.3 is 9.64 Å². The second-order valence-corrected chi connectivity index (χ2v) is 8.04. The predicted molar refractivity (Wildman–Crippen MR) is 100 cm³/mol. The summed E-state index contributed by atoms with van der Waals surface area (Å²) < 4.78 is 5.65. The van der Waals surface area contributed by atoms with Gasteiger partial charge in [-0.1, -0.05) is 0 Å². The molecule has 132 valence electrons. The highest BCUT2D eigenvalue weighted by Crippen LogP contribution is 2.23. The summed E-state index contributed by atoms with van der Waals surface area (Å²) in [6.45, 7) is 7.83. The average molecular weight is 349 g/mol. The first-order valence-electron chi connectivity index (χ1n) is 9.01. The molecule has 5 heteroatoms. The van der Waals surface area contributed by atoms with Gasteiger partial charge >= 0.3 is 0 Å². The highest BCUT2D eigenvalue weighted by Gasteiger charge is 2.26. The van der Waals surface area contributed by atoms with Gasteiger partial charge in [0.1, 0.15) is 5.75 Å². The maximum atomic E-state index is 12.8. The third-order valence-electron chi connectivity index (χ3n) is 4.71. The van der Waals surface area contributed by atoms with E-state index in [0.29, 0.717) is 0 Å². The van der Waals surface area contributed by atoms with E-state index < -0.39 is 0 Å². The number of benzene rings is 1. The van der Waals surface area contributed by atoms with Crippen LogP contribution in [0.15, 0.2) is 24.3 Å². The van der Waals surface area contributed by atoms with Crippen LogP contribution in [0.4, 0.5) is 0 Å². The third-order valence-corrected chi connectivity index (χ3v) is 5.86. The molecular formula is C19H28N2O2S. The summed E-state index contributed by atoms with van der Waals surface area (Å²) in [5.74, 6) is 3.51. The molecular weight excluding hydrogens is 320 g/mol.